The van der Waals surface area contributed by atoms with Crippen LogP contribution in [0.5, 0.6) is 0 Å². The summed E-state index contributed by atoms with van der Waals surface area (Å²) in [5.74, 6) is 6.60. The zero-order valence-electron chi connectivity index (χ0n) is 11.7. The van der Waals surface area contributed by atoms with Crippen molar-refractivity contribution in [1.29, 1.82) is 0 Å². The van der Waals surface area contributed by atoms with Crippen LogP contribution in [0.1, 0.15) is 24.8 Å². The molecule has 19 heavy (non-hydrogen) atoms. The van der Waals surface area contributed by atoms with Gasteiger partial charge in [0.15, 0.2) is 0 Å². The van der Waals surface area contributed by atoms with E-state index >= 15 is 0 Å². The van der Waals surface area contributed by atoms with Crippen LogP contribution >= 0.6 is 0 Å². The van der Waals surface area contributed by atoms with Crippen LogP contribution in [-0.2, 0) is 4.79 Å². The SMILES string of the molecule is CC1CC1CN(C)CC(C(=O)NN)c1ccccc1. The molecule has 4 nitrogen and oxygen atoms in total. The van der Waals surface area contributed by atoms with E-state index < -0.39 is 0 Å². The predicted molar refractivity (Wildman–Crippen MR) is 76.3 cm³/mol. The minimum Gasteiger partial charge on any atom is -0.305 e. The first kappa shape index (κ1) is 14.0. The van der Waals surface area contributed by atoms with Crippen LogP contribution in [0.25, 0.3) is 0 Å². The summed E-state index contributed by atoms with van der Waals surface area (Å²) < 4.78 is 0. The molecule has 1 amide bonds. The van der Waals surface area contributed by atoms with Gasteiger partial charge in [-0.2, -0.15) is 0 Å². The number of nitrogens with zero attached hydrogens (tertiary/aromatic N) is 1. The summed E-state index contributed by atoms with van der Waals surface area (Å²) in [6.07, 6.45) is 1.31. The molecule has 0 spiro atoms. The lowest BCUT2D eigenvalue weighted by molar-refractivity contribution is -0.123. The summed E-state index contributed by atoms with van der Waals surface area (Å²) in [5, 5.41) is 0. The molecule has 1 aliphatic carbocycles. The fraction of sp³-hybridized carbons (Fsp3) is 0.533. The molecular weight excluding hydrogens is 238 g/mol. The Morgan fingerprint density at radius 1 is 1.47 bits per heavy atom. The van der Waals surface area contributed by atoms with E-state index in [9.17, 15) is 4.79 Å². The molecule has 0 radical (unpaired) electrons. The average Bonchev–Trinajstić information content (AvgIpc) is 3.11. The Morgan fingerprint density at radius 2 is 2.11 bits per heavy atom. The summed E-state index contributed by atoms with van der Waals surface area (Å²) in [7, 11) is 2.07. The Hall–Kier alpha value is -1.39. The van der Waals surface area contributed by atoms with Gasteiger partial charge in [0, 0.05) is 13.1 Å². The van der Waals surface area contributed by atoms with Gasteiger partial charge >= 0.3 is 0 Å². The smallest absolute Gasteiger partial charge is 0.242 e. The molecule has 1 saturated carbocycles. The van der Waals surface area contributed by atoms with E-state index in [0.717, 1.165) is 23.9 Å². The number of amides is 1. The van der Waals surface area contributed by atoms with Crippen molar-refractivity contribution >= 4 is 5.91 Å². The molecule has 4 heteroatoms. The van der Waals surface area contributed by atoms with Crippen LogP contribution in [0.2, 0.25) is 0 Å². The molecule has 0 bridgehead atoms. The number of hydrogen-bond donors (Lipinski definition) is 2. The van der Waals surface area contributed by atoms with Crippen LogP contribution in [0.3, 0.4) is 0 Å². The van der Waals surface area contributed by atoms with E-state index in [-0.39, 0.29) is 11.8 Å². The van der Waals surface area contributed by atoms with Gasteiger partial charge in [-0.25, -0.2) is 5.84 Å². The molecule has 3 atom stereocenters. The number of likely N-dealkylation sites (N-methyl/N-ethyl adjacent to an activating group) is 1. The number of carbonyl (C=O) groups excluding carboxylic acids is 1. The van der Waals surface area contributed by atoms with Gasteiger partial charge in [0.1, 0.15) is 0 Å². The Morgan fingerprint density at radius 3 is 2.63 bits per heavy atom. The van der Waals surface area contributed by atoms with Crippen molar-refractivity contribution in [2.45, 2.75) is 19.3 Å². The minimum atomic E-state index is -0.203. The monoisotopic (exact) mass is 261 g/mol. The fourth-order valence-electron chi connectivity index (χ4n) is 2.57. The van der Waals surface area contributed by atoms with Crippen molar-refractivity contribution in [3.05, 3.63) is 35.9 Å². The number of carbonyl (C=O) groups is 1. The molecule has 1 aromatic rings. The number of rotatable bonds is 6. The molecule has 1 aromatic carbocycles. The summed E-state index contributed by atoms with van der Waals surface area (Å²) >= 11 is 0. The normalized spacial score (nSPS) is 23.2. The summed E-state index contributed by atoms with van der Waals surface area (Å²) in [4.78, 5) is 14.2. The van der Waals surface area contributed by atoms with Gasteiger partial charge in [0.25, 0.3) is 0 Å². The van der Waals surface area contributed by atoms with E-state index in [0.29, 0.717) is 6.54 Å². The molecule has 1 fully saturated rings. The van der Waals surface area contributed by atoms with Crippen molar-refractivity contribution in [1.82, 2.24) is 10.3 Å². The topological polar surface area (TPSA) is 58.4 Å². The molecule has 3 unspecified atom stereocenters. The van der Waals surface area contributed by atoms with Gasteiger partial charge in [-0.3, -0.25) is 10.2 Å². The van der Waals surface area contributed by atoms with Crippen LogP contribution in [0, 0.1) is 11.8 Å². The summed E-state index contributed by atoms with van der Waals surface area (Å²) in [6.45, 7) is 4.04. The van der Waals surface area contributed by atoms with Gasteiger partial charge in [-0.1, -0.05) is 37.3 Å². The van der Waals surface area contributed by atoms with Gasteiger partial charge in [-0.15, -0.1) is 0 Å². The van der Waals surface area contributed by atoms with Crippen molar-refractivity contribution in [2.75, 3.05) is 20.1 Å². The maximum atomic E-state index is 12.0. The maximum absolute atomic E-state index is 12.0. The number of nitrogens with one attached hydrogen (secondary N) is 1. The molecule has 2 rings (SSSR count). The third kappa shape index (κ3) is 3.78. The fourth-order valence-corrected chi connectivity index (χ4v) is 2.57. The molecule has 1 aliphatic rings. The second-order valence-electron chi connectivity index (χ2n) is 5.67. The molecule has 3 N–H and O–H groups in total. The van der Waals surface area contributed by atoms with E-state index in [1.807, 2.05) is 30.3 Å². The summed E-state index contributed by atoms with van der Waals surface area (Å²) in [6, 6.07) is 9.82. The number of benzene rings is 1. The maximum Gasteiger partial charge on any atom is 0.242 e. The lowest BCUT2D eigenvalue weighted by atomic mass is 9.98. The van der Waals surface area contributed by atoms with Crippen LogP contribution < -0.4 is 11.3 Å². The predicted octanol–water partition coefficient (Wildman–Crippen LogP) is 1.35. The first-order valence-corrected chi connectivity index (χ1v) is 6.85. The number of nitrogens with two attached hydrogens (primary N) is 1. The van der Waals surface area contributed by atoms with Crippen molar-refractivity contribution in [3.63, 3.8) is 0 Å². The Labute approximate surface area is 114 Å². The van der Waals surface area contributed by atoms with Crippen molar-refractivity contribution in [2.24, 2.45) is 17.7 Å². The highest BCUT2D eigenvalue weighted by Gasteiger charge is 2.34. The molecular formula is C15H23N3O. The standard InChI is InChI=1S/C15H23N3O/c1-11-8-13(11)9-18(2)10-14(15(19)17-16)12-6-4-3-5-7-12/h3-7,11,13-14H,8-10,16H2,1-2H3,(H,17,19). The van der Waals surface area contributed by atoms with E-state index in [2.05, 4.69) is 24.3 Å². The Balaban J connectivity index is 1.99. The van der Waals surface area contributed by atoms with Crippen LogP contribution in [0.4, 0.5) is 0 Å². The number of hydrazine groups is 1. The Kier molecular flexibility index (Phi) is 4.56. The molecule has 0 aromatic heterocycles. The van der Waals surface area contributed by atoms with Crippen molar-refractivity contribution < 1.29 is 4.79 Å². The molecule has 104 valence electrons. The lowest BCUT2D eigenvalue weighted by Crippen LogP contribution is -2.40. The Bertz CT molecular complexity index is 421. The largest absolute Gasteiger partial charge is 0.305 e. The minimum absolute atomic E-state index is 0.123. The van der Waals surface area contributed by atoms with Crippen molar-refractivity contribution in [3.8, 4) is 0 Å². The van der Waals surface area contributed by atoms with Gasteiger partial charge in [0.05, 0.1) is 5.92 Å². The zero-order chi connectivity index (χ0) is 13.8. The van der Waals surface area contributed by atoms with Crippen LogP contribution in [-0.4, -0.2) is 30.9 Å². The first-order valence-electron chi connectivity index (χ1n) is 6.85. The molecule has 0 heterocycles. The highest BCUT2D eigenvalue weighted by molar-refractivity contribution is 5.83. The third-order valence-corrected chi connectivity index (χ3v) is 3.98. The van der Waals surface area contributed by atoms with E-state index in [4.69, 9.17) is 5.84 Å². The second kappa shape index (κ2) is 6.17. The molecule has 0 saturated heterocycles. The zero-order valence-corrected chi connectivity index (χ0v) is 11.7. The highest BCUT2D eigenvalue weighted by atomic mass is 16.2. The molecule has 0 aliphatic heterocycles. The highest BCUT2D eigenvalue weighted by Crippen LogP contribution is 2.38. The van der Waals surface area contributed by atoms with Gasteiger partial charge in [0.2, 0.25) is 5.91 Å². The third-order valence-electron chi connectivity index (χ3n) is 3.98. The first-order chi connectivity index (χ1) is 9.11. The van der Waals surface area contributed by atoms with E-state index in [1.165, 1.54) is 6.42 Å². The van der Waals surface area contributed by atoms with Crippen LogP contribution in [0.15, 0.2) is 30.3 Å². The average molecular weight is 261 g/mol. The second-order valence-corrected chi connectivity index (χ2v) is 5.67. The van der Waals surface area contributed by atoms with E-state index in [1.54, 1.807) is 0 Å². The summed E-state index contributed by atoms with van der Waals surface area (Å²) in [5.41, 5.74) is 3.30. The van der Waals surface area contributed by atoms with Gasteiger partial charge < -0.3 is 4.90 Å². The number of hydrogen-bond acceptors (Lipinski definition) is 3. The lowest BCUT2D eigenvalue weighted by Gasteiger charge is -2.23. The van der Waals surface area contributed by atoms with Gasteiger partial charge in [-0.05, 0) is 30.9 Å². The quantitative estimate of drug-likeness (QED) is 0.462.